The van der Waals surface area contributed by atoms with Crippen molar-refractivity contribution < 1.29 is 36.0 Å². The third kappa shape index (κ3) is 7.72. The van der Waals surface area contributed by atoms with Crippen LogP contribution >= 0.6 is 11.3 Å². The number of aryl methyl sites for hydroxylation is 1. The predicted molar refractivity (Wildman–Crippen MR) is 157 cm³/mol. The number of benzene rings is 2. The van der Waals surface area contributed by atoms with Gasteiger partial charge in [0.2, 0.25) is 15.9 Å². The summed E-state index contributed by atoms with van der Waals surface area (Å²) < 4.78 is 74.9. The summed E-state index contributed by atoms with van der Waals surface area (Å²) in [6.07, 6.45) is -3.69. The van der Waals surface area contributed by atoms with E-state index in [0.717, 1.165) is 40.9 Å². The Kier molecular flexibility index (Phi) is 9.55. The van der Waals surface area contributed by atoms with Crippen molar-refractivity contribution in [1.82, 2.24) is 19.5 Å². The number of amides is 1. The van der Waals surface area contributed by atoms with E-state index in [-0.39, 0.29) is 24.7 Å². The van der Waals surface area contributed by atoms with E-state index in [4.69, 9.17) is 9.72 Å². The number of rotatable bonds is 9. The second-order valence-corrected chi connectivity index (χ2v) is 13.9. The van der Waals surface area contributed by atoms with Crippen LogP contribution in [0.4, 0.5) is 18.9 Å². The van der Waals surface area contributed by atoms with E-state index in [1.54, 1.807) is 16.2 Å². The third-order valence-corrected chi connectivity index (χ3v) is 10.4. The molecule has 1 saturated heterocycles. The molecule has 0 atom stereocenters. The second kappa shape index (κ2) is 13.0. The molecule has 2 heterocycles. The molecule has 44 heavy (non-hydrogen) atoms. The van der Waals surface area contributed by atoms with E-state index < -0.39 is 43.3 Å². The van der Waals surface area contributed by atoms with Gasteiger partial charge in [-0.3, -0.25) is 19.8 Å². The predicted octanol–water partition coefficient (Wildman–Crippen LogP) is 4.48. The summed E-state index contributed by atoms with van der Waals surface area (Å²) in [6.45, 7) is 5.31. The SMILES string of the molecule is Cc1ccc2sc(CN3CCN(C(=O)CO[C@H]4CC[C@H](NS(=O)(=O)c5ccc([N+](=O)[O-])c(C(F)(F)F)c5)CC4)CC3)nc2c1. The summed E-state index contributed by atoms with van der Waals surface area (Å²) in [4.78, 5) is 30.6. The van der Waals surface area contributed by atoms with Gasteiger partial charge < -0.3 is 9.64 Å². The zero-order valence-corrected chi connectivity index (χ0v) is 25.5. The Bertz CT molecular complexity index is 1630. The topological polar surface area (TPSA) is 135 Å². The zero-order chi connectivity index (χ0) is 31.6. The zero-order valence-electron chi connectivity index (χ0n) is 23.9. The Labute approximate surface area is 256 Å². The number of thiazole rings is 1. The summed E-state index contributed by atoms with van der Waals surface area (Å²) in [5.41, 5.74) is -0.666. The highest BCUT2D eigenvalue weighted by atomic mass is 32.2. The van der Waals surface area contributed by atoms with Crippen molar-refractivity contribution in [1.29, 1.82) is 0 Å². The van der Waals surface area contributed by atoms with Crippen LogP contribution in [0, 0.1) is 17.0 Å². The van der Waals surface area contributed by atoms with Gasteiger partial charge in [-0.1, -0.05) is 6.07 Å². The smallest absolute Gasteiger partial charge is 0.368 e. The van der Waals surface area contributed by atoms with Crippen LogP contribution in [0.3, 0.4) is 0 Å². The lowest BCUT2D eigenvalue weighted by Crippen LogP contribution is -2.49. The number of hydrogen-bond donors (Lipinski definition) is 1. The van der Waals surface area contributed by atoms with Crippen molar-refractivity contribution in [3.63, 3.8) is 0 Å². The van der Waals surface area contributed by atoms with Crippen LogP contribution in [0.5, 0.6) is 0 Å². The Hall–Kier alpha value is -3.18. The molecule has 1 aliphatic carbocycles. The van der Waals surface area contributed by atoms with Gasteiger partial charge in [-0.25, -0.2) is 18.1 Å². The molecule has 2 aliphatic rings. The molecular formula is C28H32F3N5O6S2. The number of carbonyl (C=O) groups is 1. The standard InChI is InChI=1S/C28H32F3N5O6S2/c1-18-2-9-25-23(14-18)32-26(43-25)16-34-10-12-35(13-11-34)27(37)17-42-20-5-3-19(4-6-20)33-44(40,41)21-7-8-24(36(38)39)22(15-21)28(29,30)31/h2,7-9,14-15,19-20,33H,3-6,10-13,16-17H2,1H3/t19-,20-. The Balaban J connectivity index is 1.05. The molecule has 0 radical (unpaired) electrons. The van der Waals surface area contributed by atoms with Crippen LogP contribution < -0.4 is 4.72 Å². The van der Waals surface area contributed by atoms with Crippen LogP contribution in [-0.4, -0.2) is 79.0 Å². The molecule has 1 amide bonds. The van der Waals surface area contributed by atoms with Crippen LogP contribution in [0.1, 0.15) is 41.8 Å². The number of sulfonamides is 1. The molecule has 1 aliphatic heterocycles. The normalized spacial score (nSPS) is 20.2. The maximum atomic E-state index is 13.3. The van der Waals surface area contributed by atoms with Gasteiger partial charge in [-0.2, -0.15) is 13.2 Å². The Morgan fingerprint density at radius 3 is 2.48 bits per heavy atom. The minimum Gasteiger partial charge on any atom is -0.368 e. The molecule has 238 valence electrons. The Morgan fingerprint density at radius 1 is 1.11 bits per heavy atom. The van der Waals surface area contributed by atoms with Crippen LogP contribution in [0.2, 0.25) is 0 Å². The van der Waals surface area contributed by atoms with Gasteiger partial charge in [0.1, 0.15) is 17.2 Å². The molecule has 0 unspecified atom stereocenters. The van der Waals surface area contributed by atoms with Gasteiger partial charge in [-0.15, -0.1) is 11.3 Å². The molecule has 0 spiro atoms. The molecule has 2 fully saturated rings. The summed E-state index contributed by atoms with van der Waals surface area (Å²) >= 11 is 1.68. The molecule has 11 nitrogen and oxygen atoms in total. The first-order valence-electron chi connectivity index (χ1n) is 14.1. The quantitative estimate of drug-likeness (QED) is 0.264. The van der Waals surface area contributed by atoms with Crippen molar-refractivity contribution in [3.05, 3.63) is 62.6 Å². The van der Waals surface area contributed by atoms with Crippen LogP contribution in [0.25, 0.3) is 10.2 Å². The largest absolute Gasteiger partial charge is 0.423 e. The van der Waals surface area contributed by atoms with Gasteiger partial charge in [0.15, 0.2) is 0 Å². The average molecular weight is 656 g/mol. The number of piperazine rings is 1. The van der Waals surface area contributed by atoms with E-state index in [0.29, 0.717) is 44.8 Å². The maximum Gasteiger partial charge on any atom is 0.423 e. The van der Waals surface area contributed by atoms with Gasteiger partial charge in [0.05, 0.1) is 32.7 Å². The van der Waals surface area contributed by atoms with Gasteiger partial charge >= 0.3 is 6.18 Å². The lowest BCUT2D eigenvalue weighted by Gasteiger charge is -2.35. The second-order valence-electron chi connectivity index (χ2n) is 11.1. The number of nitro benzene ring substituents is 1. The van der Waals surface area contributed by atoms with Crippen molar-refractivity contribution in [2.24, 2.45) is 0 Å². The fourth-order valence-electron chi connectivity index (χ4n) is 5.48. The minimum absolute atomic E-state index is 0.0820. The lowest BCUT2D eigenvalue weighted by molar-refractivity contribution is -0.388. The highest BCUT2D eigenvalue weighted by molar-refractivity contribution is 7.89. The first-order valence-corrected chi connectivity index (χ1v) is 16.4. The molecule has 1 saturated carbocycles. The number of carbonyl (C=O) groups excluding carboxylic acids is 1. The first kappa shape index (κ1) is 32.2. The number of nitro groups is 1. The number of fused-ring (bicyclic) bond motifs is 1. The summed E-state index contributed by atoms with van der Waals surface area (Å²) in [6, 6.07) is 7.31. The van der Waals surface area contributed by atoms with E-state index in [9.17, 15) is 36.5 Å². The minimum atomic E-state index is -5.09. The number of alkyl halides is 3. The number of halogens is 3. The molecule has 1 aromatic heterocycles. The van der Waals surface area contributed by atoms with Crippen molar-refractivity contribution in [2.75, 3.05) is 32.8 Å². The van der Waals surface area contributed by atoms with Crippen molar-refractivity contribution >= 4 is 43.2 Å². The fraction of sp³-hybridized carbons (Fsp3) is 0.500. The van der Waals surface area contributed by atoms with E-state index in [1.165, 1.54) is 5.56 Å². The lowest BCUT2D eigenvalue weighted by atomic mass is 9.94. The molecule has 1 N–H and O–H groups in total. The molecule has 0 bridgehead atoms. The van der Waals surface area contributed by atoms with Gasteiger partial charge in [-0.05, 0) is 62.4 Å². The van der Waals surface area contributed by atoms with E-state index in [1.807, 2.05) is 6.92 Å². The number of ether oxygens (including phenoxy) is 1. The fourth-order valence-corrected chi connectivity index (χ4v) is 7.80. The molecular weight excluding hydrogens is 623 g/mol. The Morgan fingerprint density at radius 2 is 1.82 bits per heavy atom. The summed E-state index contributed by atoms with van der Waals surface area (Å²) in [5, 5.41) is 12.0. The summed E-state index contributed by atoms with van der Waals surface area (Å²) in [7, 11) is -4.36. The van der Waals surface area contributed by atoms with Crippen LogP contribution in [-0.2, 0) is 32.3 Å². The maximum absolute atomic E-state index is 13.3. The van der Waals surface area contributed by atoms with Gasteiger partial charge in [0.25, 0.3) is 5.69 Å². The highest BCUT2D eigenvalue weighted by Crippen LogP contribution is 2.37. The highest BCUT2D eigenvalue weighted by Gasteiger charge is 2.40. The average Bonchev–Trinajstić information content (AvgIpc) is 3.37. The van der Waals surface area contributed by atoms with Crippen LogP contribution in [0.15, 0.2) is 41.3 Å². The third-order valence-electron chi connectivity index (χ3n) is 7.89. The number of aromatic nitrogens is 1. The van der Waals surface area contributed by atoms with Gasteiger partial charge in [0, 0.05) is 38.3 Å². The van der Waals surface area contributed by atoms with Crippen molar-refractivity contribution in [2.45, 2.75) is 62.4 Å². The number of hydrogen-bond acceptors (Lipinski definition) is 9. The number of nitrogens with zero attached hydrogens (tertiary/aromatic N) is 4. The molecule has 2 aromatic carbocycles. The number of nitrogens with one attached hydrogen (secondary N) is 1. The first-order chi connectivity index (χ1) is 20.8. The van der Waals surface area contributed by atoms with Crippen molar-refractivity contribution in [3.8, 4) is 0 Å². The van der Waals surface area contributed by atoms with E-state index in [2.05, 4.69) is 27.8 Å². The summed E-state index contributed by atoms with van der Waals surface area (Å²) in [5.74, 6) is -0.110. The molecule has 16 heteroatoms. The van der Waals surface area contributed by atoms with E-state index >= 15 is 0 Å². The molecule has 5 rings (SSSR count). The molecule has 3 aromatic rings. The monoisotopic (exact) mass is 655 g/mol.